The molecule has 1 atom stereocenters. The Morgan fingerprint density at radius 3 is 2.36 bits per heavy atom. The third-order valence-corrected chi connectivity index (χ3v) is 2.05. The Morgan fingerprint density at radius 2 is 1.86 bits per heavy atom. The molecule has 0 amide bonds. The van der Waals surface area contributed by atoms with E-state index in [1.165, 1.54) is 0 Å². The van der Waals surface area contributed by atoms with Crippen molar-refractivity contribution in [3.63, 3.8) is 0 Å². The molecule has 0 radical (unpaired) electrons. The first-order valence-corrected chi connectivity index (χ1v) is 4.20. The molecule has 1 nitrogen and oxygen atoms in total. The number of rotatable bonds is 2. The van der Waals surface area contributed by atoms with Gasteiger partial charge < -0.3 is 5.11 Å². The molecule has 1 unspecified atom stereocenters. The van der Waals surface area contributed by atoms with Crippen LogP contribution in [0.5, 0.6) is 0 Å². The van der Waals surface area contributed by atoms with Crippen molar-refractivity contribution in [3.05, 3.63) is 35.4 Å². The lowest BCUT2D eigenvalue weighted by Crippen LogP contribution is -2.30. The van der Waals surface area contributed by atoms with Crippen LogP contribution in [0.4, 0.5) is 13.2 Å². The van der Waals surface area contributed by atoms with Crippen molar-refractivity contribution in [2.24, 2.45) is 0 Å². The summed E-state index contributed by atoms with van der Waals surface area (Å²) in [6.45, 7) is 1.72. The molecule has 0 aliphatic rings. The number of hydrogen-bond donors (Lipinski definition) is 1. The molecule has 0 saturated carbocycles. The highest BCUT2D eigenvalue weighted by atomic mass is 19.4. The Hall–Kier alpha value is -1.03. The predicted octanol–water partition coefficient (Wildman–Crippen LogP) is 2.46. The first-order valence-electron chi connectivity index (χ1n) is 4.20. The van der Waals surface area contributed by atoms with E-state index in [4.69, 9.17) is 5.11 Å². The molecular weight excluding hydrogens is 193 g/mol. The summed E-state index contributed by atoms with van der Waals surface area (Å²) >= 11 is 0. The van der Waals surface area contributed by atoms with E-state index in [9.17, 15) is 13.2 Å². The number of benzene rings is 1. The van der Waals surface area contributed by atoms with Crippen LogP contribution in [0, 0.1) is 6.92 Å². The van der Waals surface area contributed by atoms with Gasteiger partial charge in [0, 0.05) is 6.42 Å². The minimum Gasteiger partial charge on any atom is -0.383 e. The SMILES string of the molecule is Cc1ccccc1CC(O)C(F)(F)F. The van der Waals surface area contributed by atoms with Crippen molar-refractivity contribution in [1.82, 2.24) is 0 Å². The number of aryl methyl sites for hydroxylation is 1. The molecular formula is C10H11F3O. The lowest BCUT2D eigenvalue weighted by Gasteiger charge is -2.15. The number of halogens is 3. The number of aliphatic hydroxyl groups excluding tert-OH is 1. The minimum absolute atomic E-state index is 0.379. The molecule has 0 saturated heterocycles. The molecule has 0 spiro atoms. The Bertz CT molecular complexity index is 306. The van der Waals surface area contributed by atoms with E-state index in [1.807, 2.05) is 0 Å². The van der Waals surface area contributed by atoms with Crippen molar-refractivity contribution in [1.29, 1.82) is 0 Å². The summed E-state index contributed by atoms with van der Waals surface area (Å²) in [5, 5.41) is 8.84. The highest BCUT2D eigenvalue weighted by molar-refractivity contribution is 5.26. The van der Waals surface area contributed by atoms with Gasteiger partial charge in [-0.15, -0.1) is 0 Å². The third kappa shape index (κ3) is 2.73. The first-order chi connectivity index (χ1) is 6.41. The molecule has 1 rings (SSSR count). The molecule has 0 heterocycles. The normalized spacial score (nSPS) is 14.1. The monoisotopic (exact) mass is 204 g/mol. The molecule has 4 heteroatoms. The van der Waals surface area contributed by atoms with Crippen LogP contribution >= 0.6 is 0 Å². The molecule has 1 aromatic rings. The largest absolute Gasteiger partial charge is 0.414 e. The number of alkyl halides is 3. The Balaban J connectivity index is 2.75. The zero-order valence-corrected chi connectivity index (χ0v) is 7.67. The maximum Gasteiger partial charge on any atom is 0.414 e. The maximum atomic E-state index is 12.0. The summed E-state index contributed by atoms with van der Waals surface area (Å²) in [6.07, 6.45) is -7.19. The van der Waals surface area contributed by atoms with Crippen LogP contribution in [0.15, 0.2) is 24.3 Å². The van der Waals surface area contributed by atoms with E-state index < -0.39 is 12.3 Å². The van der Waals surface area contributed by atoms with Crippen LogP contribution in [-0.2, 0) is 6.42 Å². The summed E-state index contributed by atoms with van der Waals surface area (Å²) < 4.78 is 36.0. The number of hydrogen-bond acceptors (Lipinski definition) is 1. The van der Waals surface area contributed by atoms with Crippen LogP contribution < -0.4 is 0 Å². The molecule has 0 aliphatic carbocycles. The molecule has 1 N–H and O–H groups in total. The maximum absolute atomic E-state index is 12.0. The average Bonchev–Trinajstić information content (AvgIpc) is 2.07. The highest BCUT2D eigenvalue weighted by Crippen LogP contribution is 2.23. The molecule has 14 heavy (non-hydrogen) atoms. The van der Waals surface area contributed by atoms with Crippen LogP contribution in [-0.4, -0.2) is 17.4 Å². The summed E-state index contributed by atoms with van der Waals surface area (Å²) in [7, 11) is 0. The van der Waals surface area contributed by atoms with Gasteiger partial charge >= 0.3 is 6.18 Å². The summed E-state index contributed by atoms with van der Waals surface area (Å²) in [4.78, 5) is 0. The fourth-order valence-electron chi connectivity index (χ4n) is 1.16. The predicted molar refractivity (Wildman–Crippen MR) is 46.9 cm³/mol. The van der Waals surface area contributed by atoms with Crippen molar-refractivity contribution in [2.75, 3.05) is 0 Å². The molecule has 0 bridgehead atoms. The fraction of sp³-hybridized carbons (Fsp3) is 0.400. The lowest BCUT2D eigenvalue weighted by molar-refractivity contribution is -0.203. The summed E-state index contributed by atoms with van der Waals surface area (Å²) in [6, 6.07) is 6.72. The second kappa shape index (κ2) is 4.00. The summed E-state index contributed by atoms with van der Waals surface area (Å²) in [5.41, 5.74) is 1.29. The van der Waals surface area contributed by atoms with E-state index in [0.29, 0.717) is 5.56 Å². The highest BCUT2D eigenvalue weighted by Gasteiger charge is 2.38. The van der Waals surface area contributed by atoms with Crippen molar-refractivity contribution in [2.45, 2.75) is 25.6 Å². The van der Waals surface area contributed by atoms with Gasteiger partial charge in [-0.25, -0.2) is 0 Å². The summed E-state index contributed by atoms with van der Waals surface area (Å²) in [5.74, 6) is 0. The van der Waals surface area contributed by atoms with Crippen molar-refractivity contribution < 1.29 is 18.3 Å². The zero-order valence-electron chi connectivity index (χ0n) is 7.67. The topological polar surface area (TPSA) is 20.2 Å². The van der Waals surface area contributed by atoms with Crippen LogP contribution in [0.25, 0.3) is 0 Å². The quantitative estimate of drug-likeness (QED) is 0.784. The Kier molecular flexibility index (Phi) is 3.16. The molecule has 0 aliphatic heterocycles. The van der Waals surface area contributed by atoms with Crippen LogP contribution in [0.3, 0.4) is 0 Å². The second-order valence-electron chi connectivity index (χ2n) is 3.19. The van der Waals surface area contributed by atoms with Gasteiger partial charge in [-0.2, -0.15) is 13.2 Å². The van der Waals surface area contributed by atoms with E-state index >= 15 is 0 Å². The Labute approximate surface area is 80.2 Å². The van der Waals surface area contributed by atoms with Crippen molar-refractivity contribution in [3.8, 4) is 0 Å². The van der Waals surface area contributed by atoms with Gasteiger partial charge in [0.1, 0.15) is 0 Å². The van der Waals surface area contributed by atoms with Gasteiger partial charge in [0.15, 0.2) is 6.10 Å². The smallest absolute Gasteiger partial charge is 0.383 e. The fourth-order valence-corrected chi connectivity index (χ4v) is 1.16. The van der Waals surface area contributed by atoms with E-state index in [2.05, 4.69) is 0 Å². The first kappa shape index (κ1) is 11.0. The molecule has 0 aromatic heterocycles. The molecule has 1 aromatic carbocycles. The van der Waals surface area contributed by atoms with Gasteiger partial charge in [-0.3, -0.25) is 0 Å². The lowest BCUT2D eigenvalue weighted by atomic mass is 10.0. The second-order valence-corrected chi connectivity index (χ2v) is 3.19. The van der Waals surface area contributed by atoms with Crippen LogP contribution in [0.1, 0.15) is 11.1 Å². The van der Waals surface area contributed by atoms with E-state index in [1.54, 1.807) is 31.2 Å². The van der Waals surface area contributed by atoms with Crippen LogP contribution in [0.2, 0.25) is 0 Å². The molecule has 0 fully saturated rings. The van der Waals surface area contributed by atoms with Gasteiger partial charge in [-0.1, -0.05) is 24.3 Å². The number of aliphatic hydroxyl groups is 1. The zero-order chi connectivity index (χ0) is 10.8. The standard InChI is InChI=1S/C10H11F3O/c1-7-4-2-3-5-8(7)6-9(14)10(11,12)13/h2-5,9,14H,6H2,1H3. The van der Waals surface area contributed by atoms with Gasteiger partial charge in [-0.05, 0) is 18.1 Å². The molecule has 78 valence electrons. The van der Waals surface area contributed by atoms with Gasteiger partial charge in [0.25, 0.3) is 0 Å². The minimum atomic E-state index is -4.54. The van der Waals surface area contributed by atoms with Gasteiger partial charge in [0.2, 0.25) is 0 Å². The van der Waals surface area contributed by atoms with E-state index in [0.717, 1.165) is 5.56 Å². The average molecular weight is 204 g/mol. The van der Waals surface area contributed by atoms with Crippen molar-refractivity contribution >= 4 is 0 Å². The van der Waals surface area contributed by atoms with E-state index in [-0.39, 0.29) is 6.42 Å². The Morgan fingerprint density at radius 1 is 1.29 bits per heavy atom. The third-order valence-electron chi connectivity index (χ3n) is 2.05. The van der Waals surface area contributed by atoms with Gasteiger partial charge in [0.05, 0.1) is 0 Å².